The van der Waals surface area contributed by atoms with Crippen LogP contribution in [0.15, 0.2) is 72.8 Å². The number of para-hydroxylation sites is 1. The number of carbonyl (C=O) groups is 2. The largest absolute Gasteiger partial charge is 0.550 e. The number of hydrogen-bond donors (Lipinski definition) is 1. The van der Waals surface area contributed by atoms with E-state index in [0.717, 1.165) is 22.3 Å². The van der Waals surface area contributed by atoms with Gasteiger partial charge in [-0.15, -0.1) is 0 Å². The van der Waals surface area contributed by atoms with Gasteiger partial charge in [-0.1, -0.05) is 66.7 Å². The summed E-state index contributed by atoms with van der Waals surface area (Å²) < 4.78 is 11.6. The van der Waals surface area contributed by atoms with E-state index in [9.17, 15) is 14.7 Å². The quantitative estimate of drug-likeness (QED) is 0.560. The molecule has 1 N–H and O–H groups in total. The molecule has 3 aromatic rings. The number of rotatable bonds is 7. The van der Waals surface area contributed by atoms with Crippen LogP contribution >= 0.6 is 0 Å². The Hall–Kier alpha value is -3.80. The van der Waals surface area contributed by atoms with Crippen molar-refractivity contribution in [2.24, 2.45) is 0 Å². The topological polar surface area (TPSA) is 87.7 Å². The highest BCUT2D eigenvalue weighted by atomic mass is 16.5. The number of ether oxygens (including phenoxy) is 2. The molecule has 0 unspecified atom stereocenters. The molecule has 0 radical (unpaired) electrons. The van der Waals surface area contributed by atoms with Crippen LogP contribution in [0.3, 0.4) is 0 Å². The summed E-state index contributed by atoms with van der Waals surface area (Å²) >= 11 is 0. The van der Waals surface area contributed by atoms with Crippen molar-refractivity contribution in [1.82, 2.24) is 5.32 Å². The summed E-state index contributed by atoms with van der Waals surface area (Å²) in [5.74, 6) is -0.871. The van der Waals surface area contributed by atoms with Crippen LogP contribution in [0.4, 0.5) is 4.79 Å². The molecule has 0 spiro atoms. The summed E-state index contributed by atoms with van der Waals surface area (Å²) in [7, 11) is 0. The zero-order chi connectivity index (χ0) is 24.3. The number of aliphatic carboxylic acids is 1. The van der Waals surface area contributed by atoms with Crippen molar-refractivity contribution in [1.29, 1.82) is 0 Å². The number of alkyl carbamates (subject to hydrolysis) is 1. The molecule has 176 valence electrons. The normalized spacial score (nSPS) is 13.5. The first kappa shape index (κ1) is 23.4. The zero-order valence-electron chi connectivity index (χ0n) is 19.5. The number of carboxylic acid groups (broad SMARTS) is 1. The molecule has 1 atom stereocenters. The Bertz CT molecular complexity index is 1150. The Labute approximate surface area is 199 Å². The fraction of sp³-hybridized carbons (Fsp3) is 0.286. The highest BCUT2D eigenvalue weighted by Crippen LogP contribution is 2.44. The van der Waals surface area contributed by atoms with Crippen molar-refractivity contribution >= 4 is 12.1 Å². The molecule has 6 heteroatoms. The van der Waals surface area contributed by atoms with Gasteiger partial charge in [-0.05, 0) is 49.1 Å². The molecule has 0 saturated heterocycles. The van der Waals surface area contributed by atoms with Gasteiger partial charge in [0.05, 0.1) is 6.04 Å². The third-order valence-corrected chi connectivity index (χ3v) is 5.72. The summed E-state index contributed by atoms with van der Waals surface area (Å²) in [6.07, 6.45) is -1.10. The van der Waals surface area contributed by atoms with E-state index in [0.29, 0.717) is 11.3 Å². The molecule has 0 saturated carbocycles. The first-order chi connectivity index (χ1) is 16.2. The highest BCUT2D eigenvalue weighted by Gasteiger charge is 2.29. The second kappa shape index (κ2) is 9.59. The number of fused-ring (bicyclic) bond motifs is 3. The Morgan fingerprint density at radius 2 is 1.47 bits per heavy atom. The molecule has 1 aliphatic carbocycles. The van der Waals surface area contributed by atoms with E-state index < -0.39 is 30.1 Å². The van der Waals surface area contributed by atoms with Gasteiger partial charge in [0, 0.05) is 23.9 Å². The predicted molar refractivity (Wildman–Crippen MR) is 127 cm³/mol. The van der Waals surface area contributed by atoms with Crippen LogP contribution in [0.25, 0.3) is 11.1 Å². The smallest absolute Gasteiger partial charge is 0.407 e. The zero-order valence-corrected chi connectivity index (χ0v) is 19.5. The van der Waals surface area contributed by atoms with Gasteiger partial charge in [0.1, 0.15) is 18.0 Å². The Kier molecular flexibility index (Phi) is 6.59. The number of hydrogen-bond acceptors (Lipinski definition) is 5. The lowest BCUT2D eigenvalue weighted by Crippen LogP contribution is -2.35. The van der Waals surface area contributed by atoms with Crippen LogP contribution in [0.1, 0.15) is 55.8 Å². The molecule has 0 heterocycles. The van der Waals surface area contributed by atoms with Crippen LogP contribution in [0.2, 0.25) is 0 Å². The maximum atomic E-state index is 12.8. The van der Waals surface area contributed by atoms with Gasteiger partial charge in [0.25, 0.3) is 0 Å². The number of benzene rings is 3. The van der Waals surface area contributed by atoms with E-state index in [2.05, 4.69) is 17.4 Å². The Morgan fingerprint density at radius 3 is 2.06 bits per heavy atom. The maximum absolute atomic E-state index is 12.8. The third-order valence-electron chi connectivity index (χ3n) is 5.72. The van der Waals surface area contributed by atoms with Crippen molar-refractivity contribution in [3.63, 3.8) is 0 Å². The molecule has 1 aliphatic rings. The van der Waals surface area contributed by atoms with E-state index in [1.54, 1.807) is 24.3 Å². The summed E-state index contributed by atoms with van der Waals surface area (Å²) in [5, 5.41) is 14.2. The fourth-order valence-corrected chi connectivity index (χ4v) is 4.38. The van der Waals surface area contributed by atoms with E-state index >= 15 is 0 Å². The molecule has 1 amide bonds. The van der Waals surface area contributed by atoms with Crippen LogP contribution in [0.5, 0.6) is 5.75 Å². The molecular formula is C28H28NO5-. The van der Waals surface area contributed by atoms with Crippen LogP contribution in [-0.2, 0) is 9.53 Å². The Morgan fingerprint density at radius 1 is 0.912 bits per heavy atom. The van der Waals surface area contributed by atoms with Crippen LogP contribution < -0.4 is 15.2 Å². The second-order valence-corrected chi connectivity index (χ2v) is 9.35. The van der Waals surface area contributed by atoms with Crippen molar-refractivity contribution in [3.05, 3.63) is 89.5 Å². The minimum Gasteiger partial charge on any atom is -0.550 e. The number of carboxylic acids is 1. The molecule has 3 aromatic carbocycles. The maximum Gasteiger partial charge on any atom is 0.407 e. The average Bonchev–Trinajstić information content (AvgIpc) is 3.10. The standard InChI is InChI=1S/C28H29NO5/c1-28(2,3)34-25-15-9-8-14-22(25)24(16-26(30)31)29-27(32)33-17-23-20-12-6-4-10-18(20)19-11-5-7-13-21(19)23/h4-15,23-24H,16-17H2,1-3H3,(H,29,32)(H,30,31)/p-1/t24-/m1/s1. The summed E-state index contributed by atoms with van der Waals surface area (Å²) in [5.41, 5.74) is 4.53. The average molecular weight is 459 g/mol. The third kappa shape index (κ3) is 5.22. The number of nitrogens with one attached hydrogen (secondary N) is 1. The highest BCUT2D eigenvalue weighted by molar-refractivity contribution is 5.79. The minimum absolute atomic E-state index is 0.0887. The first-order valence-electron chi connectivity index (χ1n) is 11.3. The molecule has 6 nitrogen and oxygen atoms in total. The van der Waals surface area contributed by atoms with Crippen molar-refractivity contribution in [3.8, 4) is 16.9 Å². The lowest BCUT2D eigenvalue weighted by molar-refractivity contribution is -0.306. The van der Waals surface area contributed by atoms with E-state index in [4.69, 9.17) is 9.47 Å². The molecule has 0 aliphatic heterocycles. The monoisotopic (exact) mass is 458 g/mol. The Balaban J connectivity index is 1.51. The molecule has 0 bridgehead atoms. The molecule has 4 rings (SSSR count). The van der Waals surface area contributed by atoms with Gasteiger partial charge in [-0.25, -0.2) is 4.79 Å². The SMILES string of the molecule is CC(C)(C)Oc1ccccc1[C@@H](CC(=O)[O-])NC(=O)OCC1c2ccccc2-c2ccccc21. The van der Waals surface area contributed by atoms with Gasteiger partial charge < -0.3 is 24.7 Å². The van der Waals surface area contributed by atoms with Gasteiger partial charge in [0.15, 0.2) is 0 Å². The van der Waals surface area contributed by atoms with E-state index in [1.165, 1.54) is 0 Å². The lowest BCUT2D eigenvalue weighted by Gasteiger charge is -2.27. The summed E-state index contributed by atoms with van der Waals surface area (Å²) in [6.45, 7) is 5.83. The number of carbonyl (C=O) groups excluding carboxylic acids is 2. The van der Waals surface area contributed by atoms with Gasteiger partial charge >= 0.3 is 6.09 Å². The van der Waals surface area contributed by atoms with Crippen LogP contribution in [-0.4, -0.2) is 24.3 Å². The van der Waals surface area contributed by atoms with Crippen LogP contribution in [0, 0.1) is 0 Å². The second-order valence-electron chi connectivity index (χ2n) is 9.35. The van der Waals surface area contributed by atoms with Crippen molar-refractivity contribution < 1.29 is 24.2 Å². The van der Waals surface area contributed by atoms with Gasteiger partial charge in [0.2, 0.25) is 0 Å². The molecule has 34 heavy (non-hydrogen) atoms. The van der Waals surface area contributed by atoms with Crippen molar-refractivity contribution in [2.45, 2.75) is 44.8 Å². The first-order valence-corrected chi connectivity index (χ1v) is 11.3. The fourth-order valence-electron chi connectivity index (χ4n) is 4.38. The molecule has 0 aromatic heterocycles. The van der Waals surface area contributed by atoms with E-state index in [1.807, 2.05) is 57.2 Å². The molecular weight excluding hydrogens is 430 g/mol. The van der Waals surface area contributed by atoms with E-state index in [-0.39, 0.29) is 12.5 Å². The minimum atomic E-state index is -1.28. The van der Waals surface area contributed by atoms with Gasteiger partial charge in [-0.3, -0.25) is 0 Å². The summed E-state index contributed by atoms with van der Waals surface area (Å²) in [6, 6.07) is 22.3. The molecule has 0 fully saturated rings. The van der Waals surface area contributed by atoms with Crippen molar-refractivity contribution in [2.75, 3.05) is 6.61 Å². The number of amides is 1. The summed E-state index contributed by atoms with van der Waals surface area (Å²) in [4.78, 5) is 24.3. The van der Waals surface area contributed by atoms with Gasteiger partial charge in [-0.2, -0.15) is 0 Å². The lowest BCUT2D eigenvalue weighted by atomic mass is 9.98. The predicted octanol–water partition coefficient (Wildman–Crippen LogP) is 4.58.